The van der Waals surface area contributed by atoms with Crippen molar-refractivity contribution in [2.75, 3.05) is 39.6 Å². The van der Waals surface area contributed by atoms with Crippen LogP contribution in [0.3, 0.4) is 0 Å². The van der Waals surface area contributed by atoms with Crippen molar-refractivity contribution in [2.45, 2.75) is 93.4 Å². The molecule has 2 aliphatic heterocycles. The van der Waals surface area contributed by atoms with E-state index in [2.05, 4.69) is 29.0 Å². The van der Waals surface area contributed by atoms with E-state index in [4.69, 9.17) is 30.5 Å². The first-order valence-corrected chi connectivity index (χ1v) is 23.3. The highest BCUT2D eigenvalue weighted by molar-refractivity contribution is 6.61. The van der Waals surface area contributed by atoms with Gasteiger partial charge in [0.2, 0.25) is 11.8 Å². The molecule has 0 radical (unpaired) electrons. The number of hydrogen-bond acceptors (Lipinski definition) is 10. The number of halogens is 1. The summed E-state index contributed by atoms with van der Waals surface area (Å²) in [6, 6.07) is 28.4. The molecule has 4 aromatic carbocycles. The number of aryl methyl sites for hydroxylation is 2. The molecule has 4 heterocycles. The maximum atomic E-state index is 13.6. The molecule has 8 rings (SSSR count). The predicted octanol–water partition coefficient (Wildman–Crippen LogP) is 10.4. The monoisotopic (exact) mass is 936 g/mol. The first kappa shape index (κ1) is 50.1. The summed E-state index contributed by atoms with van der Waals surface area (Å²) >= 11 is 4.84. The van der Waals surface area contributed by atoms with Gasteiger partial charge in [0.15, 0.2) is 0 Å². The van der Waals surface area contributed by atoms with Crippen molar-refractivity contribution in [2.24, 2.45) is 0 Å². The Balaban J connectivity index is 0.000000192. The molecule has 0 atom stereocenters. The van der Waals surface area contributed by atoms with Crippen LogP contribution in [0.15, 0.2) is 94.5 Å². The van der Waals surface area contributed by atoms with Gasteiger partial charge in [0.1, 0.15) is 24.3 Å². The van der Waals surface area contributed by atoms with Crippen molar-refractivity contribution in [3.8, 4) is 56.3 Å². The van der Waals surface area contributed by atoms with E-state index >= 15 is 0 Å². The average Bonchev–Trinajstić information content (AvgIpc) is 3.75. The quantitative estimate of drug-likeness (QED) is 0.0672. The van der Waals surface area contributed by atoms with Gasteiger partial charge < -0.3 is 28.8 Å². The maximum Gasteiger partial charge on any atom is 0.515 e. The number of aromatic nitrogens is 4. The predicted molar refractivity (Wildman–Crippen MR) is 260 cm³/mol. The summed E-state index contributed by atoms with van der Waals surface area (Å²) in [5.41, 5.74) is 9.75. The number of nitrogens with zero attached hydrogens (tertiary/aromatic N) is 4. The van der Waals surface area contributed by atoms with Gasteiger partial charge in [-0.25, -0.2) is 19.0 Å². The largest absolute Gasteiger partial charge is 0.515 e. The van der Waals surface area contributed by atoms with Gasteiger partial charge >= 0.3 is 11.6 Å². The lowest BCUT2D eigenvalue weighted by Gasteiger charge is -2.19. The minimum absolute atomic E-state index is 0.0892. The summed E-state index contributed by atoms with van der Waals surface area (Å²) in [4.78, 5) is 48.9. The molecule has 0 unspecified atom stereocenters. The van der Waals surface area contributed by atoms with Crippen LogP contribution in [0.2, 0.25) is 0 Å². The number of hydrogen-bond donors (Lipinski definition) is 1. The lowest BCUT2D eigenvalue weighted by molar-refractivity contribution is 0.0537. The third kappa shape index (κ3) is 11.8. The van der Waals surface area contributed by atoms with Gasteiger partial charge in [0, 0.05) is 51.0 Å². The van der Waals surface area contributed by atoms with Crippen LogP contribution in [0.25, 0.3) is 44.5 Å². The van der Waals surface area contributed by atoms with E-state index in [0.717, 1.165) is 81.3 Å². The van der Waals surface area contributed by atoms with E-state index in [-0.39, 0.29) is 36.1 Å². The highest BCUT2D eigenvalue weighted by Crippen LogP contribution is 2.40. The number of ether oxygens (including phenoxy) is 5. The first-order valence-electron chi connectivity index (χ1n) is 22.9. The van der Waals surface area contributed by atoms with Crippen molar-refractivity contribution < 1.29 is 38.4 Å². The second kappa shape index (κ2) is 23.9. The van der Waals surface area contributed by atoms with E-state index in [1.165, 1.54) is 0 Å². The molecule has 0 spiro atoms. The Morgan fingerprint density at radius 1 is 0.552 bits per heavy atom. The molecule has 0 saturated carbocycles. The summed E-state index contributed by atoms with van der Waals surface area (Å²) < 4.78 is 32.1. The summed E-state index contributed by atoms with van der Waals surface area (Å²) in [6.45, 7) is 16.5. The molecule has 15 heteroatoms. The fourth-order valence-electron chi connectivity index (χ4n) is 8.71. The normalized spacial score (nSPS) is 12.7. The Bertz CT molecular complexity index is 2760. The molecule has 2 aromatic heterocycles. The second-order valence-electron chi connectivity index (χ2n) is 16.2. The van der Waals surface area contributed by atoms with Gasteiger partial charge in [0.05, 0.1) is 13.2 Å². The molecule has 0 amide bonds. The zero-order chi connectivity index (χ0) is 48.0. The van der Waals surface area contributed by atoms with Gasteiger partial charge in [-0.1, -0.05) is 84.9 Å². The Kier molecular flexibility index (Phi) is 17.9. The van der Waals surface area contributed by atoms with Crippen molar-refractivity contribution in [1.82, 2.24) is 18.7 Å². The maximum absolute atomic E-state index is 13.6. The minimum atomic E-state index is -0.836. The molecule has 14 nitrogen and oxygen atoms in total. The summed E-state index contributed by atoms with van der Waals surface area (Å²) in [7, 11) is 0. The Morgan fingerprint density at radius 3 is 1.46 bits per heavy atom. The van der Waals surface area contributed by atoms with Crippen molar-refractivity contribution >= 4 is 23.2 Å². The number of carbonyl (C=O) groups is 2. The van der Waals surface area contributed by atoms with Gasteiger partial charge in [0.25, 0.3) is 11.1 Å². The number of aromatic hydroxyl groups is 1. The topological polar surface area (TPSA) is 154 Å². The van der Waals surface area contributed by atoms with Gasteiger partial charge in [-0.05, 0) is 123 Å². The van der Waals surface area contributed by atoms with Gasteiger partial charge in [-0.15, -0.1) is 0 Å². The van der Waals surface area contributed by atoms with E-state index in [1.54, 1.807) is 18.7 Å². The van der Waals surface area contributed by atoms with E-state index in [0.29, 0.717) is 63.7 Å². The first-order chi connectivity index (χ1) is 32.4. The molecule has 0 fully saturated rings. The van der Waals surface area contributed by atoms with Crippen molar-refractivity contribution in [3.05, 3.63) is 128 Å². The third-order valence-electron chi connectivity index (χ3n) is 11.9. The molecule has 0 bridgehead atoms. The second-order valence-corrected chi connectivity index (χ2v) is 16.5. The van der Waals surface area contributed by atoms with Crippen LogP contribution in [0, 0.1) is 27.7 Å². The lowest BCUT2D eigenvalue weighted by atomic mass is 9.90. The van der Waals surface area contributed by atoms with Gasteiger partial charge in [-0.2, -0.15) is 0 Å². The van der Waals surface area contributed by atoms with Crippen LogP contribution in [0.5, 0.6) is 11.8 Å². The lowest BCUT2D eigenvalue weighted by Crippen LogP contribution is -2.28. The number of rotatable bonds is 13. The molecule has 356 valence electrons. The Morgan fingerprint density at radius 2 is 0.985 bits per heavy atom. The molecule has 0 saturated heterocycles. The highest BCUT2D eigenvalue weighted by atomic mass is 35.5. The summed E-state index contributed by atoms with van der Waals surface area (Å²) in [5, 5.41) is 10.8. The minimum Gasteiger partial charge on any atom is -0.493 e. The van der Waals surface area contributed by atoms with Gasteiger partial charge in [-0.3, -0.25) is 19.0 Å². The highest BCUT2D eigenvalue weighted by Gasteiger charge is 2.30. The fraction of sp³-hybridized carbons (Fsp3) is 0.385. The number of benzene rings is 4. The van der Waals surface area contributed by atoms with Crippen LogP contribution < -0.4 is 15.9 Å². The smallest absolute Gasteiger partial charge is 0.493 e. The fourth-order valence-corrected chi connectivity index (χ4v) is 8.79. The van der Waals surface area contributed by atoms with Crippen LogP contribution in [0.1, 0.15) is 61.8 Å². The molecule has 6 aromatic rings. The molecule has 1 N–H and O–H groups in total. The Hall–Kier alpha value is -6.35. The molecule has 2 aliphatic rings. The van der Waals surface area contributed by atoms with E-state index in [9.17, 15) is 24.3 Å². The summed E-state index contributed by atoms with van der Waals surface area (Å²) in [5.74, 6) is 0.346. The van der Waals surface area contributed by atoms with Crippen molar-refractivity contribution in [3.63, 3.8) is 0 Å². The molecule has 0 aliphatic carbocycles. The summed E-state index contributed by atoms with van der Waals surface area (Å²) in [6.07, 6.45) is 2.94. The molecular weight excluding hydrogens is 876 g/mol. The zero-order valence-electron chi connectivity index (χ0n) is 39.3. The standard InChI is InChI=1S/C26H30N2O5.C21H22N2O2.C5H9ClO3/c1-4-31-16-17-32-26(30)33-25-23(24(29)27-14-8-9-15-28(25)27)22-18(2)12-13-21(19(22)3)20-10-6-5-7-11-20;1-14-10-11-17(16-8-4-3-5-9-16)15(2)18(14)19-20(24)22-12-6-7-13-23(22)21(19)25;1-2-8-3-4-9-5(6)7/h5-7,10-13H,4,8-9,14-17H2,1-3H3;3-5,8-11,24H,6-7,12-13H2,1-2H3;2-4H2,1H3. The van der Waals surface area contributed by atoms with Crippen LogP contribution >= 0.6 is 11.6 Å². The van der Waals surface area contributed by atoms with Crippen LogP contribution in [-0.2, 0) is 45.1 Å². The number of carbonyl (C=O) groups excluding carboxylic acids is 2. The zero-order valence-corrected chi connectivity index (χ0v) is 40.0. The van der Waals surface area contributed by atoms with Crippen LogP contribution in [0.4, 0.5) is 9.59 Å². The SMILES string of the molecule is CCOCCOC(=O)Cl.CCOCCOC(=O)Oc1c(-c2c(C)ccc(-c3ccccc3)c2C)c(=O)n2n1CCCC2.Cc1ccc(-c2ccccc2)c(C)c1-c1c(O)n2n(c1=O)CCCC2. The Labute approximate surface area is 396 Å². The van der Waals surface area contributed by atoms with E-state index in [1.807, 2.05) is 102 Å². The average molecular weight is 938 g/mol. The van der Waals surface area contributed by atoms with E-state index < -0.39 is 11.6 Å². The van der Waals surface area contributed by atoms with Crippen molar-refractivity contribution in [1.29, 1.82) is 0 Å². The third-order valence-corrected chi connectivity index (χ3v) is 12.0. The molecule has 67 heavy (non-hydrogen) atoms. The number of fused-ring (bicyclic) bond motifs is 2. The molecular formula is C52H61ClN4O10. The van der Waals surface area contributed by atoms with Crippen LogP contribution in [-0.4, -0.2) is 75.1 Å².